The lowest BCUT2D eigenvalue weighted by Crippen LogP contribution is -2.45. The second kappa shape index (κ2) is 10.6. The molecule has 0 spiro atoms. The summed E-state index contributed by atoms with van der Waals surface area (Å²) in [6.45, 7) is 9.01. The summed E-state index contributed by atoms with van der Waals surface area (Å²) in [7, 11) is -17.0. The van der Waals surface area contributed by atoms with Crippen LogP contribution in [0.3, 0.4) is 0 Å². The standard InChI is InChI=1S/C9H21NO3S.C2HF6NO4S2/c1-8(2)10(9(3)4)6-5-7-14(11,12)13;3-1(4,5)14(10,11)9-15(12,13)2(6,7)8/h8-9H,5-7H2,1-4H3,(H,11,12,13);9H. The third kappa shape index (κ3) is 11.9. The highest BCUT2D eigenvalue weighted by atomic mass is 32.3. The maximum absolute atomic E-state index is 11.5. The minimum Gasteiger partial charge on any atom is -0.299 e. The van der Waals surface area contributed by atoms with Gasteiger partial charge in [-0.3, -0.25) is 9.45 Å². The van der Waals surface area contributed by atoms with Crippen molar-refractivity contribution in [2.75, 3.05) is 12.3 Å². The lowest BCUT2D eigenvalue weighted by Gasteiger charge is -2.30. The van der Waals surface area contributed by atoms with Gasteiger partial charge in [-0.2, -0.15) is 34.8 Å². The van der Waals surface area contributed by atoms with Gasteiger partial charge in [0, 0.05) is 12.1 Å². The van der Waals surface area contributed by atoms with E-state index >= 15 is 0 Å². The molecule has 0 unspecified atom stereocenters. The van der Waals surface area contributed by atoms with E-state index in [2.05, 4.69) is 32.6 Å². The zero-order valence-corrected chi connectivity index (χ0v) is 18.1. The third-order valence-electron chi connectivity index (χ3n) is 2.97. The number of hydrogen-bond acceptors (Lipinski definition) is 7. The molecule has 0 atom stereocenters. The summed E-state index contributed by atoms with van der Waals surface area (Å²) in [5.41, 5.74) is -12.3. The molecule has 0 bridgehead atoms. The highest BCUT2D eigenvalue weighted by molar-refractivity contribution is 8.05. The van der Waals surface area contributed by atoms with Gasteiger partial charge in [0.1, 0.15) is 0 Å². The van der Waals surface area contributed by atoms with E-state index in [1.807, 2.05) is 0 Å². The van der Waals surface area contributed by atoms with E-state index in [1.54, 1.807) is 0 Å². The van der Waals surface area contributed by atoms with Gasteiger partial charge in [0.15, 0.2) is 0 Å². The van der Waals surface area contributed by atoms with Crippen molar-refractivity contribution < 1.29 is 56.1 Å². The van der Waals surface area contributed by atoms with Crippen LogP contribution in [0.15, 0.2) is 0 Å². The predicted molar refractivity (Wildman–Crippen MR) is 91.1 cm³/mol. The molecule has 0 saturated heterocycles. The summed E-state index contributed by atoms with van der Waals surface area (Å²) in [5, 5.41) is 0. The zero-order valence-electron chi connectivity index (χ0n) is 15.6. The Morgan fingerprint density at radius 1 is 0.793 bits per heavy atom. The fourth-order valence-electron chi connectivity index (χ4n) is 1.78. The molecule has 0 aliphatic heterocycles. The van der Waals surface area contributed by atoms with E-state index in [4.69, 9.17) is 4.55 Å². The molecule has 0 aromatic heterocycles. The van der Waals surface area contributed by atoms with Gasteiger partial charge in [-0.25, -0.2) is 16.8 Å². The van der Waals surface area contributed by atoms with Gasteiger partial charge >= 0.3 is 31.1 Å². The van der Waals surface area contributed by atoms with Crippen molar-refractivity contribution in [3.8, 4) is 0 Å². The molecule has 0 radical (unpaired) electrons. The molecule has 0 aliphatic carbocycles. The first-order valence-electron chi connectivity index (χ1n) is 7.56. The monoisotopic (exact) mass is 504 g/mol. The van der Waals surface area contributed by atoms with Crippen LogP contribution in [0.5, 0.6) is 0 Å². The van der Waals surface area contributed by atoms with Crippen LogP contribution >= 0.6 is 0 Å². The van der Waals surface area contributed by atoms with Gasteiger partial charge in [0.05, 0.1) is 5.75 Å². The van der Waals surface area contributed by atoms with Gasteiger partial charge in [-0.15, -0.1) is 0 Å². The Bertz CT molecular complexity index is 768. The summed E-state index contributed by atoms with van der Waals surface area (Å²) >= 11 is 0. The smallest absolute Gasteiger partial charge is 0.299 e. The van der Waals surface area contributed by atoms with E-state index < -0.39 is 45.3 Å². The number of nitrogens with zero attached hydrogens (tertiary/aromatic N) is 1. The SMILES string of the molecule is CC(C)N(CCCS(=O)(=O)O)C(C)C.O=S(=O)(NS(=O)(=O)C(F)(F)F)C(F)(F)F. The summed E-state index contributed by atoms with van der Waals surface area (Å²) in [6.07, 6.45) is 0.481. The average molecular weight is 504 g/mol. The van der Waals surface area contributed by atoms with Gasteiger partial charge in [0.25, 0.3) is 10.1 Å². The number of nitrogens with one attached hydrogen (secondary N) is 1. The predicted octanol–water partition coefficient (Wildman–Crippen LogP) is 1.66. The van der Waals surface area contributed by atoms with Crippen LogP contribution in [0.4, 0.5) is 26.3 Å². The van der Waals surface area contributed by atoms with Crippen LogP contribution in [0.25, 0.3) is 0 Å². The first-order chi connectivity index (χ1) is 12.4. The van der Waals surface area contributed by atoms with Crippen LogP contribution in [-0.2, 0) is 30.2 Å². The van der Waals surface area contributed by atoms with Gasteiger partial charge < -0.3 is 0 Å². The lowest BCUT2D eigenvalue weighted by atomic mass is 10.2. The molecule has 178 valence electrons. The molecule has 0 aromatic rings. The first kappa shape index (κ1) is 30.5. The number of sulfonamides is 2. The molecular formula is C11H22F6N2O7S3. The first-order valence-corrected chi connectivity index (χ1v) is 12.1. The van der Waals surface area contributed by atoms with Crippen LogP contribution in [0.1, 0.15) is 34.1 Å². The van der Waals surface area contributed by atoms with Crippen LogP contribution in [0, 0.1) is 0 Å². The Morgan fingerprint density at radius 3 is 1.31 bits per heavy atom. The number of halogens is 6. The molecular weight excluding hydrogens is 482 g/mol. The Hall–Kier alpha value is -0.690. The molecule has 18 heteroatoms. The van der Waals surface area contributed by atoms with Crippen molar-refractivity contribution in [3.05, 3.63) is 0 Å². The quantitative estimate of drug-likeness (QED) is 0.376. The maximum atomic E-state index is 11.5. The molecule has 0 amide bonds. The average Bonchev–Trinajstić information content (AvgIpc) is 2.38. The van der Waals surface area contributed by atoms with Crippen LogP contribution < -0.4 is 4.13 Å². The normalized spacial score (nSPS) is 14.3. The fraction of sp³-hybridized carbons (Fsp3) is 1.00. The Morgan fingerprint density at radius 2 is 1.10 bits per heavy atom. The van der Waals surface area contributed by atoms with Crippen LogP contribution in [0.2, 0.25) is 0 Å². The Kier molecular flexibility index (Phi) is 11.1. The van der Waals surface area contributed by atoms with Crippen molar-refractivity contribution >= 4 is 30.2 Å². The van der Waals surface area contributed by atoms with E-state index in [0.29, 0.717) is 25.0 Å². The molecule has 0 aliphatic rings. The summed E-state index contributed by atoms with van der Waals surface area (Å²) < 4.78 is 138. The van der Waals surface area contributed by atoms with E-state index in [0.717, 1.165) is 0 Å². The van der Waals surface area contributed by atoms with Crippen LogP contribution in [-0.4, -0.2) is 70.1 Å². The van der Waals surface area contributed by atoms with Crippen molar-refractivity contribution in [1.82, 2.24) is 9.03 Å². The molecule has 0 aromatic carbocycles. The molecule has 9 nitrogen and oxygen atoms in total. The Balaban J connectivity index is 0. The van der Waals surface area contributed by atoms with Gasteiger partial charge in [-0.1, -0.05) is 4.13 Å². The van der Waals surface area contributed by atoms with E-state index in [1.165, 1.54) is 0 Å². The van der Waals surface area contributed by atoms with Crippen molar-refractivity contribution in [2.45, 2.75) is 57.2 Å². The summed E-state index contributed by atoms with van der Waals surface area (Å²) in [6, 6.07) is 0.799. The highest BCUT2D eigenvalue weighted by Crippen LogP contribution is 2.27. The summed E-state index contributed by atoms with van der Waals surface area (Å²) in [4.78, 5) is 2.20. The molecule has 2 N–H and O–H groups in total. The minimum atomic E-state index is -6.60. The zero-order chi connectivity index (χ0) is 24.1. The molecule has 0 fully saturated rings. The largest absolute Gasteiger partial charge is 0.512 e. The molecule has 29 heavy (non-hydrogen) atoms. The van der Waals surface area contributed by atoms with Gasteiger partial charge in [-0.05, 0) is 40.7 Å². The van der Waals surface area contributed by atoms with Gasteiger partial charge in [0.2, 0.25) is 0 Å². The number of hydrogen-bond donors (Lipinski definition) is 2. The lowest BCUT2D eigenvalue weighted by molar-refractivity contribution is -0.0476. The minimum absolute atomic E-state index is 0.150. The van der Waals surface area contributed by atoms with E-state index in [9.17, 15) is 51.6 Å². The third-order valence-corrected chi connectivity index (χ3v) is 6.75. The fourth-order valence-corrected chi connectivity index (χ4v) is 4.19. The molecule has 0 rings (SSSR count). The number of alkyl halides is 6. The van der Waals surface area contributed by atoms with Crippen molar-refractivity contribution in [3.63, 3.8) is 0 Å². The second-order valence-corrected chi connectivity index (χ2v) is 11.2. The topological polar surface area (TPSA) is 138 Å². The molecule has 0 heterocycles. The number of rotatable bonds is 8. The second-order valence-electron chi connectivity index (χ2n) is 6.05. The van der Waals surface area contributed by atoms with Crippen molar-refractivity contribution in [2.24, 2.45) is 0 Å². The van der Waals surface area contributed by atoms with Crippen molar-refractivity contribution in [1.29, 1.82) is 0 Å². The molecule has 0 saturated carbocycles. The summed E-state index contributed by atoms with van der Waals surface area (Å²) in [5.74, 6) is -0.150. The Labute approximate surface area is 165 Å². The highest BCUT2D eigenvalue weighted by Gasteiger charge is 2.55. The maximum Gasteiger partial charge on any atom is 0.512 e. The van der Waals surface area contributed by atoms with E-state index in [-0.39, 0.29) is 5.75 Å².